The Morgan fingerprint density at radius 3 is 2.42 bits per heavy atom. The van der Waals surface area contributed by atoms with Gasteiger partial charge in [-0.1, -0.05) is 18.2 Å². The van der Waals surface area contributed by atoms with Gasteiger partial charge in [-0.2, -0.15) is 13.2 Å². The summed E-state index contributed by atoms with van der Waals surface area (Å²) in [5.41, 5.74) is 1.73. The molecule has 0 saturated heterocycles. The van der Waals surface area contributed by atoms with Crippen molar-refractivity contribution in [1.82, 2.24) is 4.98 Å². The Morgan fingerprint density at radius 2 is 1.81 bits per heavy atom. The molecule has 0 saturated carbocycles. The van der Waals surface area contributed by atoms with Crippen LogP contribution in [0, 0.1) is 6.92 Å². The predicted molar refractivity (Wildman–Crippen MR) is 115 cm³/mol. The zero-order valence-corrected chi connectivity index (χ0v) is 18.1. The molecule has 31 heavy (non-hydrogen) atoms. The highest BCUT2D eigenvalue weighted by molar-refractivity contribution is 7.92. The lowest BCUT2D eigenvalue weighted by Gasteiger charge is -2.11. The van der Waals surface area contributed by atoms with Crippen molar-refractivity contribution in [1.29, 1.82) is 0 Å². The number of alkyl halides is 3. The average molecular weight is 470 g/mol. The number of aromatic nitrogens is 1. The SMILES string of the molecule is Cc1ccc(NC(=O)Cc2csc(-c3ccc(C(F)(F)F)cc3)n2)cc1NS(C)(=O)=O. The Kier molecular flexibility index (Phi) is 6.37. The Hall–Kier alpha value is -2.92. The number of nitrogens with zero attached hydrogens (tertiary/aromatic N) is 1. The van der Waals surface area contributed by atoms with Crippen molar-refractivity contribution in [3.05, 3.63) is 64.7 Å². The molecule has 11 heteroatoms. The van der Waals surface area contributed by atoms with E-state index in [-0.39, 0.29) is 12.3 Å². The maximum absolute atomic E-state index is 12.7. The fourth-order valence-corrected chi connectivity index (χ4v) is 4.15. The van der Waals surface area contributed by atoms with Gasteiger partial charge in [-0.25, -0.2) is 13.4 Å². The highest BCUT2D eigenvalue weighted by Gasteiger charge is 2.30. The third-order valence-corrected chi connectivity index (χ3v) is 5.70. The second-order valence-corrected chi connectivity index (χ2v) is 9.45. The van der Waals surface area contributed by atoms with E-state index in [1.54, 1.807) is 24.4 Å². The third-order valence-electron chi connectivity index (χ3n) is 4.17. The number of nitrogens with one attached hydrogen (secondary N) is 2. The molecule has 0 fully saturated rings. The van der Waals surface area contributed by atoms with Crippen LogP contribution in [0.1, 0.15) is 16.8 Å². The molecule has 0 spiro atoms. The van der Waals surface area contributed by atoms with E-state index >= 15 is 0 Å². The Labute approximate surface area is 181 Å². The molecule has 164 valence electrons. The summed E-state index contributed by atoms with van der Waals surface area (Å²) in [4.78, 5) is 16.7. The van der Waals surface area contributed by atoms with Crippen LogP contribution in [0.25, 0.3) is 10.6 Å². The first-order valence-electron chi connectivity index (χ1n) is 8.91. The van der Waals surface area contributed by atoms with Crippen molar-refractivity contribution in [2.24, 2.45) is 0 Å². The van der Waals surface area contributed by atoms with E-state index in [0.717, 1.165) is 18.4 Å². The first-order chi connectivity index (χ1) is 14.4. The minimum absolute atomic E-state index is 0.0418. The van der Waals surface area contributed by atoms with E-state index in [0.29, 0.717) is 33.2 Å². The van der Waals surface area contributed by atoms with Crippen molar-refractivity contribution >= 4 is 38.6 Å². The standard InChI is InChI=1S/C20H18F3N3O3S2/c1-12-3-8-15(9-17(12)26-31(2,28)29)24-18(27)10-16-11-30-19(25-16)13-4-6-14(7-5-13)20(21,22)23/h3-9,11,26H,10H2,1-2H3,(H,24,27). The smallest absolute Gasteiger partial charge is 0.326 e. The lowest BCUT2D eigenvalue weighted by Crippen LogP contribution is -2.15. The number of hydrogen-bond donors (Lipinski definition) is 2. The van der Waals surface area contributed by atoms with Gasteiger partial charge in [-0.3, -0.25) is 9.52 Å². The number of aryl methyl sites for hydroxylation is 1. The van der Waals surface area contributed by atoms with Crippen LogP contribution >= 0.6 is 11.3 Å². The summed E-state index contributed by atoms with van der Waals surface area (Å²) in [5, 5.41) is 4.85. The van der Waals surface area contributed by atoms with Crippen LogP contribution < -0.4 is 10.0 Å². The van der Waals surface area contributed by atoms with Crippen molar-refractivity contribution in [3.8, 4) is 10.6 Å². The van der Waals surface area contributed by atoms with E-state index in [4.69, 9.17) is 0 Å². The zero-order chi connectivity index (χ0) is 22.8. The number of hydrogen-bond acceptors (Lipinski definition) is 5. The number of amides is 1. The van der Waals surface area contributed by atoms with Crippen LogP contribution in [-0.4, -0.2) is 25.6 Å². The average Bonchev–Trinajstić information content (AvgIpc) is 3.11. The molecule has 6 nitrogen and oxygen atoms in total. The number of anilines is 2. The molecule has 2 aromatic carbocycles. The summed E-state index contributed by atoms with van der Waals surface area (Å²) in [6.07, 6.45) is -3.41. The van der Waals surface area contributed by atoms with Crippen LogP contribution in [0.3, 0.4) is 0 Å². The minimum Gasteiger partial charge on any atom is -0.326 e. The molecule has 0 aliphatic rings. The normalized spacial score (nSPS) is 11.9. The molecular formula is C20H18F3N3O3S2. The van der Waals surface area contributed by atoms with Gasteiger partial charge in [0.05, 0.1) is 29.6 Å². The maximum Gasteiger partial charge on any atom is 0.416 e. The first-order valence-corrected chi connectivity index (χ1v) is 11.7. The van der Waals surface area contributed by atoms with E-state index in [9.17, 15) is 26.4 Å². The summed E-state index contributed by atoms with van der Waals surface area (Å²) >= 11 is 1.23. The van der Waals surface area contributed by atoms with Crippen molar-refractivity contribution in [2.45, 2.75) is 19.5 Å². The summed E-state index contributed by atoms with van der Waals surface area (Å²) in [5.74, 6) is -0.363. The summed E-state index contributed by atoms with van der Waals surface area (Å²) in [6, 6.07) is 9.50. The lowest BCUT2D eigenvalue weighted by molar-refractivity contribution is -0.137. The van der Waals surface area contributed by atoms with Gasteiger partial charge in [0.15, 0.2) is 0 Å². The molecule has 0 atom stereocenters. The van der Waals surface area contributed by atoms with Gasteiger partial charge in [0, 0.05) is 16.6 Å². The van der Waals surface area contributed by atoms with Crippen LogP contribution in [0.4, 0.5) is 24.5 Å². The topological polar surface area (TPSA) is 88.2 Å². The fourth-order valence-electron chi connectivity index (χ4n) is 2.70. The monoisotopic (exact) mass is 469 g/mol. The lowest BCUT2D eigenvalue weighted by atomic mass is 10.1. The molecule has 2 N–H and O–H groups in total. The number of carbonyl (C=O) groups excluding carboxylic acids is 1. The third kappa shape index (κ3) is 6.28. The van der Waals surface area contributed by atoms with E-state index in [1.807, 2.05) is 0 Å². The molecular weight excluding hydrogens is 451 g/mol. The first kappa shape index (κ1) is 22.8. The van der Waals surface area contributed by atoms with Gasteiger partial charge in [-0.15, -0.1) is 11.3 Å². The highest BCUT2D eigenvalue weighted by atomic mass is 32.2. The maximum atomic E-state index is 12.7. The number of thiazole rings is 1. The van der Waals surface area contributed by atoms with Crippen molar-refractivity contribution in [2.75, 3.05) is 16.3 Å². The second-order valence-electron chi connectivity index (χ2n) is 6.85. The number of halogens is 3. The van der Waals surface area contributed by atoms with Crippen molar-refractivity contribution in [3.63, 3.8) is 0 Å². The van der Waals surface area contributed by atoms with Crippen LogP contribution in [0.2, 0.25) is 0 Å². The van der Waals surface area contributed by atoms with Gasteiger partial charge in [0.2, 0.25) is 15.9 Å². The number of sulfonamides is 1. The van der Waals surface area contributed by atoms with E-state index < -0.39 is 21.8 Å². The zero-order valence-electron chi connectivity index (χ0n) is 16.4. The molecule has 3 rings (SSSR count). The second kappa shape index (κ2) is 8.67. The molecule has 0 bridgehead atoms. The quantitative estimate of drug-likeness (QED) is 0.548. The molecule has 0 unspecified atom stereocenters. The highest BCUT2D eigenvalue weighted by Crippen LogP contribution is 2.32. The molecule has 1 amide bonds. The molecule has 0 radical (unpaired) electrons. The van der Waals surface area contributed by atoms with Crippen LogP contribution in [-0.2, 0) is 27.4 Å². The molecule has 1 heterocycles. The molecule has 1 aromatic heterocycles. The summed E-state index contributed by atoms with van der Waals surface area (Å²) in [6.45, 7) is 1.73. The number of benzene rings is 2. The minimum atomic E-state index is -4.41. The molecule has 0 aliphatic carbocycles. The van der Waals surface area contributed by atoms with Gasteiger partial charge < -0.3 is 5.32 Å². The number of rotatable bonds is 6. The fraction of sp³-hybridized carbons (Fsp3) is 0.200. The van der Waals surface area contributed by atoms with Gasteiger partial charge >= 0.3 is 6.18 Å². The van der Waals surface area contributed by atoms with Gasteiger partial charge in [0.25, 0.3) is 0 Å². The summed E-state index contributed by atoms with van der Waals surface area (Å²) in [7, 11) is -3.46. The predicted octanol–water partition coefficient (Wildman–Crippen LogP) is 4.69. The van der Waals surface area contributed by atoms with E-state index in [1.165, 1.54) is 29.5 Å². The Balaban J connectivity index is 1.67. The molecule has 0 aliphatic heterocycles. The van der Waals surface area contributed by atoms with Gasteiger partial charge in [-0.05, 0) is 36.8 Å². The Bertz CT molecular complexity index is 1200. The van der Waals surface area contributed by atoms with Crippen LogP contribution in [0.15, 0.2) is 47.8 Å². The van der Waals surface area contributed by atoms with Crippen molar-refractivity contribution < 1.29 is 26.4 Å². The Morgan fingerprint density at radius 1 is 1.13 bits per heavy atom. The molecule has 3 aromatic rings. The van der Waals surface area contributed by atoms with Crippen LogP contribution in [0.5, 0.6) is 0 Å². The largest absolute Gasteiger partial charge is 0.416 e. The number of carbonyl (C=O) groups is 1. The van der Waals surface area contributed by atoms with Gasteiger partial charge in [0.1, 0.15) is 5.01 Å². The summed E-state index contributed by atoms with van der Waals surface area (Å²) < 4.78 is 63.3. The van der Waals surface area contributed by atoms with E-state index in [2.05, 4.69) is 15.0 Å².